The molecule has 1 N–H and O–H groups in total. The van der Waals surface area contributed by atoms with Crippen molar-refractivity contribution in [3.63, 3.8) is 0 Å². The Bertz CT molecular complexity index is 423. The number of aromatic nitrogens is 1. The first-order chi connectivity index (χ1) is 7.88. The summed E-state index contributed by atoms with van der Waals surface area (Å²) >= 11 is 0. The van der Waals surface area contributed by atoms with Crippen LogP contribution in [-0.4, -0.2) is 16.7 Å². The molecule has 0 aliphatic carbocycles. The van der Waals surface area contributed by atoms with Crippen LogP contribution in [-0.2, 0) is 12.8 Å². The highest BCUT2D eigenvalue weighted by atomic mass is 16.3. The topological polar surface area (TPSA) is 46.3 Å². The van der Waals surface area contributed by atoms with E-state index in [1.54, 1.807) is 6.26 Å². The van der Waals surface area contributed by atoms with Crippen molar-refractivity contribution in [1.29, 1.82) is 0 Å². The van der Waals surface area contributed by atoms with E-state index in [1.165, 1.54) is 5.56 Å². The molecule has 1 aromatic carbocycles. The predicted octanol–water partition coefficient (Wildman–Crippen LogP) is 2.19. The summed E-state index contributed by atoms with van der Waals surface area (Å²) in [6.07, 6.45) is 3.89. The molecule has 0 aliphatic rings. The smallest absolute Gasteiger partial charge is 0.194 e. The minimum absolute atomic E-state index is 0.177. The molecule has 16 heavy (non-hydrogen) atoms. The zero-order valence-corrected chi connectivity index (χ0v) is 9.10. The summed E-state index contributed by atoms with van der Waals surface area (Å²) in [6, 6.07) is 10.2. The van der Waals surface area contributed by atoms with Gasteiger partial charge in [-0.15, -0.1) is 0 Å². The van der Waals surface area contributed by atoms with Crippen LogP contribution in [0.15, 0.2) is 41.0 Å². The van der Waals surface area contributed by atoms with Gasteiger partial charge in [-0.05, 0) is 12.0 Å². The van der Waals surface area contributed by atoms with E-state index in [9.17, 15) is 0 Å². The second-order valence-electron chi connectivity index (χ2n) is 3.72. The first-order valence-corrected chi connectivity index (χ1v) is 5.46. The molecule has 2 aromatic rings. The summed E-state index contributed by atoms with van der Waals surface area (Å²) in [5.74, 6) is 0.708. The molecule has 2 rings (SSSR count). The van der Waals surface area contributed by atoms with E-state index in [1.807, 2.05) is 18.2 Å². The lowest BCUT2D eigenvalue weighted by Gasteiger charge is -1.95. The Hall–Kier alpha value is -1.61. The van der Waals surface area contributed by atoms with Crippen LogP contribution in [0.1, 0.15) is 23.6 Å². The molecule has 0 amide bonds. The lowest BCUT2D eigenvalue weighted by molar-refractivity contribution is 0.283. The number of oxazole rings is 1. The molecule has 0 aliphatic heterocycles. The molecule has 0 fully saturated rings. The molecule has 84 valence electrons. The van der Waals surface area contributed by atoms with E-state index in [4.69, 9.17) is 9.52 Å². The number of benzene rings is 1. The number of rotatable bonds is 5. The first-order valence-electron chi connectivity index (χ1n) is 5.46. The van der Waals surface area contributed by atoms with Gasteiger partial charge >= 0.3 is 0 Å². The third-order valence-electron chi connectivity index (χ3n) is 2.38. The molecule has 0 saturated carbocycles. The van der Waals surface area contributed by atoms with Crippen molar-refractivity contribution in [3.05, 3.63) is 53.7 Å². The summed E-state index contributed by atoms with van der Waals surface area (Å²) < 4.78 is 5.32. The maximum absolute atomic E-state index is 8.70. The summed E-state index contributed by atoms with van der Waals surface area (Å²) in [5.41, 5.74) is 2.17. The molecule has 1 aromatic heterocycles. The third kappa shape index (κ3) is 2.94. The van der Waals surface area contributed by atoms with E-state index in [0.29, 0.717) is 18.7 Å². The maximum Gasteiger partial charge on any atom is 0.194 e. The summed E-state index contributed by atoms with van der Waals surface area (Å²) in [7, 11) is 0. The average molecular weight is 217 g/mol. The van der Waals surface area contributed by atoms with E-state index >= 15 is 0 Å². The summed E-state index contributed by atoms with van der Waals surface area (Å²) in [6.45, 7) is 0.177. The molecule has 3 heteroatoms. The monoisotopic (exact) mass is 217 g/mol. The van der Waals surface area contributed by atoms with Gasteiger partial charge in [0.2, 0.25) is 0 Å². The fourth-order valence-corrected chi connectivity index (χ4v) is 1.58. The lowest BCUT2D eigenvalue weighted by Crippen LogP contribution is -1.91. The van der Waals surface area contributed by atoms with Gasteiger partial charge in [0.25, 0.3) is 0 Å². The minimum Gasteiger partial charge on any atom is -0.449 e. The molecule has 0 atom stereocenters. The number of aliphatic hydroxyl groups is 1. The summed E-state index contributed by atoms with van der Waals surface area (Å²) in [5, 5.41) is 8.70. The van der Waals surface area contributed by atoms with Crippen molar-refractivity contribution in [1.82, 2.24) is 4.98 Å². The highest BCUT2D eigenvalue weighted by Crippen LogP contribution is 2.10. The molecular formula is C13H15NO2. The van der Waals surface area contributed by atoms with Crippen LogP contribution in [0.25, 0.3) is 0 Å². The Morgan fingerprint density at radius 2 is 2.00 bits per heavy atom. The van der Waals surface area contributed by atoms with E-state index < -0.39 is 0 Å². The molecule has 1 heterocycles. The fraction of sp³-hybridized carbons (Fsp3) is 0.308. The van der Waals surface area contributed by atoms with Crippen LogP contribution >= 0.6 is 0 Å². The highest BCUT2D eigenvalue weighted by molar-refractivity contribution is 5.20. The quantitative estimate of drug-likeness (QED) is 0.835. The number of hydrogen-bond donors (Lipinski definition) is 1. The second kappa shape index (κ2) is 5.47. The second-order valence-corrected chi connectivity index (χ2v) is 3.72. The van der Waals surface area contributed by atoms with Crippen LogP contribution < -0.4 is 0 Å². The van der Waals surface area contributed by atoms with Crippen molar-refractivity contribution in [2.24, 2.45) is 0 Å². The van der Waals surface area contributed by atoms with Crippen LogP contribution in [0.4, 0.5) is 0 Å². The molecule has 0 unspecified atom stereocenters. The molecular weight excluding hydrogens is 202 g/mol. The minimum atomic E-state index is 0.177. The Morgan fingerprint density at radius 3 is 2.75 bits per heavy atom. The Balaban J connectivity index is 1.97. The first kappa shape index (κ1) is 10.9. The largest absolute Gasteiger partial charge is 0.449 e. The Kier molecular flexibility index (Phi) is 3.72. The average Bonchev–Trinajstić information content (AvgIpc) is 2.75. The van der Waals surface area contributed by atoms with Crippen LogP contribution in [0, 0.1) is 0 Å². The molecule has 3 nitrogen and oxygen atoms in total. The van der Waals surface area contributed by atoms with E-state index in [0.717, 1.165) is 12.1 Å². The van der Waals surface area contributed by atoms with Gasteiger partial charge in [-0.3, -0.25) is 0 Å². The standard InChI is InChI=1S/C13H15NO2/c15-8-4-7-13-14-12(10-16-13)9-11-5-2-1-3-6-11/h1-3,5-6,10,15H,4,7-9H2. The van der Waals surface area contributed by atoms with E-state index in [2.05, 4.69) is 17.1 Å². The number of aryl methyl sites for hydroxylation is 1. The van der Waals surface area contributed by atoms with Crippen LogP contribution in [0.2, 0.25) is 0 Å². The van der Waals surface area contributed by atoms with Gasteiger partial charge in [-0.1, -0.05) is 30.3 Å². The van der Waals surface area contributed by atoms with Crippen molar-refractivity contribution in [2.45, 2.75) is 19.3 Å². The van der Waals surface area contributed by atoms with Crippen molar-refractivity contribution in [3.8, 4) is 0 Å². The molecule has 0 bridgehead atoms. The molecule has 0 saturated heterocycles. The van der Waals surface area contributed by atoms with Gasteiger partial charge in [-0.25, -0.2) is 4.98 Å². The van der Waals surface area contributed by atoms with Gasteiger partial charge in [0.15, 0.2) is 5.89 Å². The Labute approximate surface area is 94.8 Å². The molecule has 0 spiro atoms. The maximum atomic E-state index is 8.70. The van der Waals surface area contributed by atoms with Crippen molar-refractivity contribution in [2.75, 3.05) is 6.61 Å². The SMILES string of the molecule is OCCCc1nc(Cc2ccccc2)co1. The van der Waals surface area contributed by atoms with Crippen molar-refractivity contribution < 1.29 is 9.52 Å². The van der Waals surface area contributed by atoms with Gasteiger partial charge < -0.3 is 9.52 Å². The normalized spacial score (nSPS) is 10.6. The fourth-order valence-electron chi connectivity index (χ4n) is 1.58. The molecule has 0 radical (unpaired) electrons. The predicted molar refractivity (Wildman–Crippen MR) is 61.2 cm³/mol. The summed E-state index contributed by atoms with van der Waals surface area (Å²) in [4.78, 5) is 4.37. The van der Waals surface area contributed by atoms with Crippen molar-refractivity contribution >= 4 is 0 Å². The van der Waals surface area contributed by atoms with Gasteiger partial charge in [0.1, 0.15) is 6.26 Å². The lowest BCUT2D eigenvalue weighted by atomic mass is 10.1. The highest BCUT2D eigenvalue weighted by Gasteiger charge is 2.04. The van der Waals surface area contributed by atoms with Gasteiger partial charge in [-0.2, -0.15) is 0 Å². The zero-order valence-electron chi connectivity index (χ0n) is 9.10. The van der Waals surface area contributed by atoms with E-state index in [-0.39, 0.29) is 6.61 Å². The Morgan fingerprint density at radius 1 is 1.19 bits per heavy atom. The van der Waals surface area contributed by atoms with Crippen LogP contribution in [0.3, 0.4) is 0 Å². The number of nitrogens with zero attached hydrogens (tertiary/aromatic N) is 1. The van der Waals surface area contributed by atoms with Gasteiger partial charge in [0, 0.05) is 19.4 Å². The van der Waals surface area contributed by atoms with Crippen LogP contribution in [0.5, 0.6) is 0 Å². The number of aliphatic hydroxyl groups excluding tert-OH is 1. The number of hydrogen-bond acceptors (Lipinski definition) is 3. The third-order valence-corrected chi connectivity index (χ3v) is 2.38. The van der Waals surface area contributed by atoms with Gasteiger partial charge in [0.05, 0.1) is 5.69 Å². The zero-order chi connectivity index (χ0) is 11.2.